The molecule has 156 valence electrons. The van der Waals surface area contributed by atoms with E-state index in [2.05, 4.69) is 5.32 Å². The molecular formula is C19H19Cl3N2O4S. The Morgan fingerprint density at radius 3 is 2.31 bits per heavy atom. The topological polar surface area (TPSA) is 75.7 Å². The molecule has 1 aliphatic heterocycles. The zero-order valence-electron chi connectivity index (χ0n) is 15.5. The fraction of sp³-hybridized carbons (Fsp3) is 0.316. The molecule has 0 saturated carbocycles. The van der Waals surface area contributed by atoms with Gasteiger partial charge in [0, 0.05) is 13.1 Å². The van der Waals surface area contributed by atoms with Crippen LogP contribution < -0.4 is 10.1 Å². The molecule has 0 unspecified atom stereocenters. The Morgan fingerprint density at radius 2 is 1.66 bits per heavy atom. The summed E-state index contributed by atoms with van der Waals surface area (Å²) in [5.74, 6) is -0.353. The molecule has 1 aliphatic rings. The number of piperidine rings is 1. The van der Waals surface area contributed by atoms with Crippen LogP contribution in [-0.4, -0.2) is 38.8 Å². The molecular weight excluding hydrogens is 459 g/mol. The van der Waals surface area contributed by atoms with Crippen molar-refractivity contribution >= 4 is 56.4 Å². The van der Waals surface area contributed by atoms with Crippen molar-refractivity contribution in [1.82, 2.24) is 4.31 Å². The molecule has 3 rings (SSSR count). The minimum absolute atomic E-state index is 0.0329. The molecule has 0 radical (unpaired) electrons. The number of carbonyl (C=O) groups is 1. The Kier molecular flexibility index (Phi) is 6.96. The SMILES string of the molecule is COc1ccc(S(=O)(=O)N2CCCCC2)cc1C(=O)Nc1cc(Cl)c(Cl)cc1Cl. The lowest BCUT2D eigenvalue weighted by Crippen LogP contribution is -2.35. The van der Waals surface area contributed by atoms with E-state index in [1.165, 1.54) is 41.7 Å². The molecule has 1 fully saturated rings. The molecule has 1 heterocycles. The van der Waals surface area contributed by atoms with Crippen molar-refractivity contribution in [3.8, 4) is 5.75 Å². The van der Waals surface area contributed by atoms with Crippen molar-refractivity contribution in [2.24, 2.45) is 0 Å². The third kappa shape index (κ3) is 4.81. The normalized spacial score (nSPS) is 15.2. The molecule has 0 spiro atoms. The van der Waals surface area contributed by atoms with Crippen LogP contribution in [0.5, 0.6) is 5.75 Å². The molecule has 0 aliphatic carbocycles. The van der Waals surface area contributed by atoms with Crippen molar-refractivity contribution < 1.29 is 17.9 Å². The second-order valence-corrected chi connectivity index (χ2v) is 9.69. The summed E-state index contributed by atoms with van der Waals surface area (Å²) in [5.41, 5.74) is 0.310. The molecule has 1 saturated heterocycles. The molecule has 2 aromatic carbocycles. The zero-order valence-corrected chi connectivity index (χ0v) is 18.6. The highest BCUT2D eigenvalue weighted by Crippen LogP contribution is 2.33. The fourth-order valence-electron chi connectivity index (χ4n) is 3.09. The number of sulfonamides is 1. The molecule has 0 bridgehead atoms. The van der Waals surface area contributed by atoms with Crippen LogP contribution in [0.3, 0.4) is 0 Å². The van der Waals surface area contributed by atoms with E-state index in [-0.39, 0.29) is 37.0 Å². The monoisotopic (exact) mass is 476 g/mol. The Hall–Kier alpha value is -1.51. The standard InChI is InChI=1S/C19H19Cl3N2O4S/c1-28-18-6-5-12(29(26,27)24-7-3-2-4-8-24)9-13(18)19(25)23-17-11-15(21)14(20)10-16(17)22/h5-6,9-11H,2-4,7-8H2,1H3,(H,23,25). The van der Waals surface area contributed by atoms with Gasteiger partial charge in [-0.3, -0.25) is 4.79 Å². The summed E-state index contributed by atoms with van der Waals surface area (Å²) in [6.07, 6.45) is 2.64. The summed E-state index contributed by atoms with van der Waals surface area (Å²) in [6.45, 7) is 0.934. The lowest BCUT2D eigenvalue weighted by Gasteiger charge is -2.26. The number of amides is 1. The quantitative estimate of drug-likeness (QED) is 0.609. The van der Waals surface area contributed by atoms with Crippen molar-refractivity contribution in [2.45, 2.75) is 24.2 Å². The number of nitrogens with one attached hydrogen (secondary N) is 1. The Balaban J connectivity index is 1.95. The van der Waals surface area contributed by atoms with E-state index < -0.39 is 15.9 Å². The number of halogens is 3. The molecule has 0 aromatic heterocycles. The van der Waals surface area contributed by atoms with E-state index in [9.17, 15) is 13.2 Å². The molecule has 10 heteroatoms. The third-order valence-electron chi connectivity index (χ3n) is 4.63. The van der Waals surface area contributed by atoms with Gasteiger partial charge >= 0.3 is 0 Å². The Morgan fingerprint density at radius 1 is 1.00 bits per heavy atom. The molecule has 0 atom stereocenters. The van der Waals surface area contributed by atoms with Crippen molar-refractivity contribution in [2.75, 3.05) is 25.5 Å². The number of ether oxygens (including phenoxy) is 1. The number of nitrogens with zero attached hydrogens (tertiary/aromatic N) is 1. The first kappa shape index (κ1) is 22.2. The van der Waals surface area contributed by atoms with Crippen molar-refractivity contribution in [1.29, 1.82) is 0 Å². The molecule has 1 N–H and O–H groups in total. The van der Waals surface area contributed by atoms with E-state index in [0.717, 1.165) is 19.3 Å². The van der Waals surface area contributed by atoms with Gasteiger partial charge in [-0.2, -0.15) is 4.31 Å². The maximum atomic E-state index is 13.0. The lowest BCUT2D eigenvalue weighted by atomic mass is 10.2. The molecule has 29 heavy (non-hydrogen) atoms. The van der Waals surface area contributed by atoms with Gasteiger partial charge in [0.15, 0.2) is 0 Å². The van der Waals surface area contributed by atoms with Gasteiger partial charge in [-0.15, -0.1) is 0 Å². The summed E-state index contributed by atoms with van der Waals surface area (Å²) in [4.78, 5) is 12.9. The number of methoxy groups -OCH3 is 1. The largest absolute Gasteiger partial charge is 0.496 e. The van der Waals surface area contributed by atoms with Crippen LogP contribution in [0.4, 0.5) is 5.69 Å². The number of carbonyl (C=O) groups excluding carboxylic acids is 1. The highest BCUT2D eigenvalue weighted by atomic mass is 35.5. The minimum Gasteiger partial charge on any atom is -0.496 e. The van der Waals surface area contributed by atoms with Crippen LogP contribution in [0.15, 0.2) is 35.2 Å². The highest BCUT2D eigenvalue weighted by Gasteiger charge is 2.28. The van der Waals surface area contributed by atoms with Crippen LogP contribution in [0, 0.1) is 0 Å². The van der Waals surface area contributed by atoms with E-state index >= 15 is 0 Å². The number of benzene rings is 2. The second-order valence-electron chi connectivity index (χ2n) is 6.53. The van der Waals surface area contributed by atoms with E-state index in [4.69, 9.17) is 39.5 Å². The highest BCUT2D eigenvalue weighted by molar-refractivity contribution is 7.89. The molecule has 2 aromatic rings. The van der Waals surface area contributed by atoms with Gasteiger partial charge in [-0.05, 0) is 43.2 Å². The van der Waals surface area contributed by atoms with Gasteiger partial charge in [0.1, 0.15) is 5.75 Å². The smallest absolute Gasteiger partial charge is 0.259 e. The van der Waals surface area contributed by atoms with Crippen molar-refractivity contribution in [3.63, 3.8) is 0 Å². The second kappa shape index (κ2) is 9.10. The van der Waals surface area contributed by atoms with Gasteiger partial charge in [-0.25, -0.2) is 8.42 Å². The van der Waals surface area contributed by atoms with Crippen LogP contribution in [0.1, 0.15) is 29.6 Å². The molecule has 1 amide bonds. The first-order valence-corrected chi connectivity index (χ1v) is 11.5. The van der Waals surface area contributed by atoms with Gasteiger partial charge < -0.3 is 10.1 Å². The van der Waals surface area contributed by atoms with E-state index in [1.54, 1.807) is 0 Å². The molecule has 6 nitrogen and oxygen atoms in total. The summed E-state index contributed by atoms with van der Waals surface area (Å²) in [7, 11) is -2.30. The van der Waals surface area contributed by atoms with E-state index in [1.807, 2.05) is 0 Å². The Bertz CT molecular complexity index is 1040. The number of rotatable bonds is 5. The maximum Gasteiger partial charge on any atom is 0.259 e. The van der Waals surface area contributed by atoms with Crippen LogP contribution in [0.2, 0.25) is 15.1 Å². The van der Waals surface area contributed by atoms with Crippen LogP contribution in [0.25, 0.3) is 0 Å². The summed E-state index contributed by atoms with van der Waals surface area (Å²) in [6, 6.07) is 7.04. The average Bonchev–Trinajstić information content (AvgIpc) is 2.72. The Labute approximate surface area is 184 Å². The van der Waals surface area contributed by atoms with Gasteiger partial charge in [0.25, 0.3) is 5.91 Å². The predicted molar refractivity (Wildman–Crippen MR) is 115 cm³/mol. The van der Waals surface area contributed by atoms with Gasteiger partial charge in [0.05, 0.1) is 38.3 Å². The third-order valence-corrected chi connectivity index (χ3v) is 7.56. The summed E-state index contributed by atoms with van der Waals surface area (Å²) in [5, 5.41) is 3.30. The first-order valence-electron chi connectivity index (χ1n) is 8.88. The average molecular weight is 478 g/mol. The van der Waals surface area contributed by atoms with Gasteiger partial charge in [-0.1, -0.05) is 41.2 Å². The summed E-state index contributed by atoms with van der Waals surface area (Å²) >= 11 is 18.0. The number of hydrogen-bond donors (Lipinski definition) is 1. The lowest BCUT2D eigenvalue weighted by molar-refractivity contribution is 0.102. The maximum absolute atomic E-state index is 13.0. The summed E-state index contributed by atoms with van der Waals surface area (Å²) < 4.78 is 32.6. The number of hydrogen-bond acceptors (Lipinski definition) is 4. The van der Waals surface area contributed by atoms with E-state index in [0.29, 0.717) is 13.1 Å². The van der Waals surface area contributed by atoms with Gasteiger partial charge in [0.2, 0.25) is 10.0 Å². The zero-order chi connectivity index (χ0) is 21.2. The predicted octanol–water partition coefficient (Wildman–Crippen LogP) is 5.08. The fourth-order valence-corrected chi connectivity index (χ4v) is 5.23. The first-order chi connectivity index (χ1) is 13.7. The van der Waals surface area contributed by atoms with Crippen molar-refractivity contribution in [3.05, 3.63) is 51.0 Å². The van der Waals surface area contributed by atoms with Crippen LogP contribution >= 0.6 is 34.8 Å². The number of anilines is 1. The minimum atomic E-state index is -3.70. The van der Waals surface area contributed by atoms with Crippen LogP contribution in [-0.2, 0) is 10.0 Å².